The summed E-state index contributed by atoms with van der Waals surface area (Å²) >= 11 is 0. The maximum atomic E-state index is 12.6. The predicted molar refractivity (Wildman–Crippen MR) is 113 cm³/mol. The maximum Gasteiger partial charge on any atom is 0.412 e. The van der Waals surface area contributed by atoms with Gasteiger partial charge in [0.2, 0.25) is 17.9 Å². The number of anilines is 1. The van der Waals surface area contributed by atoms with Crippen LogP contribution >= 0.6 is 0 Å². The number of carbonyl (C=O) groups excluding carboxylic acids is 2. The third-order valence-corrected chi connectivity index (χ3v) is 5.29. The largest absolute Gasteiger partial charge is 0.480 e. The molecule has 0 radical (unpaired) electrons. The van der Waals surface area contributed by atoms with Gasteiger partial charge in [0, 0.05) is 12.3 Å². The van der Waals surface area contributed by atoms with Crippen molar-refractivity contribution >= 4 is 23.8 Å². The van der Waals surface area contributed by atoms with Crippen molar-refractivity contribution in [2.45, 2.75) is 24.8 Å². The number of benzene rings is 2. The number of carboxylic acid groups (broad SMARTS) is 1. The quantitative estimate of drug-likeness (QED) is 0.453. The third kappa shape index (κ3) is 4.70. The summed E-state index contributed by atoms with van der Waals surface area (Å²) in [4.78, 5) is 35.7. The Morgan fingerprint density at radius 2 is 1.65 bits per heavy atom. The Balaban J connectivity index is 1.41. The molecule has 0 bridgehead atoms. The summed E-state index contributed by atoms with van der Waals surface area (Å²) in [5.41, 5.74) is 3.50. The van der Waals surface area contributed by atoms with Crippen molar-refractivity contribution in [1.82, 2.24) is 15.6 Å². The first-order valence-corrected chi connectivity index (χ1v) is 10.1. The number of nitrogens with one attached hydrogen (secondary N) is 2. The fourth-order valence-corrected chi connectivity index (χ4v) is 3.78. The third-order valence-electron chi connectivity index (χ3n) is 5.29. The van der Waals surface area contributed by atoms with E-state index in [1.165, 1.54) is 0 Å². The zero-order chi connectivity index (χ0) is 24.2. The zero-order valence-electron chi connectivity index (χ0n) is 17.4. The molecule has 0 saturated heterocycles. The van der Waals surface area contributed by atoms with Gasteiger partial charge in [0.25, 0.3) is 5.91 Å². The number of rotatable bonds is 8. The van der Waals surface area contributed by atoms with Crippen LogP contribution in [0.4, 0.5) is 19.4 Å². The molecule has 10 nitrogen and oxygen atoms in total. The minimum atomic E-state index is -2.96. The molecule has 3 aromatic rings. The first kappa shape index (κ1) is 22.8. The van der Waals surface area contributed by atoms with Crippen LogP contribution in [0.1, 0.15) is 34.0 Å². The number of hydrogen-bond donors (Lipinski definition) is 3. The number of carboxylic acids is 1. The van der Waals surface area contributed by atoms with Crippen LogP contribution in [0.3, 0.4) is 0 Å². The first-order valence-electron chi connectivity index (χ1n) is 10.1. The molecule has 2 aromatic carbocycles. The molecule has 1 aromatic heterocycles. The van der Waals surface area contributed by atoms with Crippen LogP contribution in [0.15, 0.2) is 53.2 Å². The number of carbonyl (C=O) groups is 3. The molecule has 1 aliphatic carbocycles. The van der Waals surface area contributed by atoms with Gasteiger partial charge in [0.05, 0.1) is 0 Å². The lowest BCUT2D eigenvalue weighted by molar-refractivity contribution is -0.140. The van der Waals surface area contributed by atoms with Gasteiger partial charge in [-0.1, -0.05) is 48.5 Å². The molecular weight excluding hydrogens is 454 g/mol. The van der Waals surface area contributed by atoms with E-state index in [1.54, 1.807) is 0 Å². The molecule has 4 rings (SSSR count). The van der Waals surface area contributed by atoms with E-state index in [0.717, 1.165) is 22.3 Å². The molecule has 1 atom stereocenters. The highest BCUT2D eigenvalue weighted by Gasteiger charge is 2.31. The Morgan fingerprint density at radius 3 is 2.24 bits per heavy atom. The summed E-state index contributed by atoms with van der Waals surface area (Å²) in [7, 11) is 0. The molecule has 0 saturated carbocycles. The van der Waals surface area contributed by atoms with Gasteiger partial charge in [-0.15, -0.1) is 0 Å². The summed E-state index contributed by atoms with van der Waals surface area (Å²) in [5.74, 6) is -3.47. The van der Waals surface area contributed by atoms with Gasteiger partial charge in [-0.2, -0.15) is 0 Å². The van der Waals surface area contributed by atoms with E-state index in [4.69, 9.17) is 9.84 Å². The number of alkyl halides is 2. The topological polar surface area (TPSA) is 144 Å². The van der Waals surface area contributed by atoms with Crippen molar-refractivity contribution in [2.75, 3.05) is 11.9 Å². The lowest BCUT2D eigenvalue weighted by atomic mass is 9.98. The van der Waals surface area contributed by atoms with Crippen molar-refractivity contribution in [3.05, 3.63) is 65.4 Å². The van der Waals surface area contributed by atoms with Crippen LogP contribution < -0.4 is 10.6 Å². The molecule has 3 N–H and O–H groups in total. The highest BCUT2D eigenvalue weighted by atomic mass is 19.3. The number of hydrogen-bond acceptors (Lipinski definition) is 7. The molecule has 1 aliphatic rings. The van der Waals surface area contributed by atoms with E-state index in [-0.39, 0.29) is 12.5 Å². The normalized spacial score (nSPS) is 13.1. The van der Waals surface area contributed by atoms with E-state index in [0.29, 0.717) is 0 Å². The Hall–Kier alpha value is -4.35. The fourth-order valence-electron chi connectivity index (χ4n) is 3.78. The second-order valence-electron chi connectivity index (χ2n) is 7.40. The van der Waals surface area contributed by atoms with Crippen molar-refractivity contribution in [2.24, 2.45) is 0 Å². The molecule has 2 amide bonds. The molecule has 0 fully saturated rings. The Kier molecular flexibility index (Phi) is 6.48. The van der Waals surface area contributed by atoms with Crippen LogP contribution in [0, 0.1) is 0 Å². The monoisotopic (exact) mass is 472 g/mol. The van der Waals surface area contributed by atoms with Gasteiger partial charge in [0.15, 0.2) is 0 Å². The van der Waals surface area contributed by atoms with Crippen LogP contribution in [0.2, 0.25) is 0 Å². The van der Waals surface area contributed by atoms with Gasteiger partial charge in [0.1, 0.15) is 12.6 Å². The molecular formula is C22H18F2N4O6. The van der Waals surface area contributed by atoms with Crippen molar-refractivity contribution in [3.8, 4) is 11.1 Å². The van der Waals surface area contributed by atoms with Gasteiger partial charge in [-0.05, 0) is 32.6 Å². The summed E-state index contributed by atoms with van der Waals surface area (Å²) in [6.45, 7) is -0.0118. The average molecular weight is 472 g/mol. The van der Waals surface area contributed by atoms with E-state index in [9.17, 15) is 23.2 Å². The number of aliphatic carboxylic acids is 1. The minimum absolute atomic E-state index is 0.0118. The standard InChI is InChI=1S/C22H18F2N4O6/c23-17(24)9-16(21(30)31)25-20(29)18-19(28-34-27-18)26-22(32)33-10-15-13-7-3-1-5-11(13)12-6-2-4-8-14(12)15/h1-8,15-17H,9-10H2,(H,25,29)(H,30,31)(H,26,28,32). The number of aromatic nitrogens is 2. The minimum Gasteiger partial charge on any atom is -0.480 e. The molecule has 176 valence electrons. The molecule has 1 heterocycles. The summed E-state index contributed by atoms with van der Waals surface area (Å²) in [6.07, 6.45) is -5.04. The summed E-state index contributed by atoms with van der Waals surface area (Å²) in [6, 6.07) is 13.6. The first-order chi connectivity index (χ1) is 16.3. The van der Waals surface area contributed by atoms with E-state index >= 15 is 0 Å². The van der Waals surface area contributed by atoms with Gasteiger partial charge in [-0.25, -0.2) is 23.0 Å². The second kappa shape index (κ2) is 9.65. The highest BCUT2D eigenvalue weighted by Crippen LogP contribution is 2.44. The second-order valence-corrected chi connectivity index (χ2v) is 7.40. The van der Waals surface area contributed by atoms with Gasteiger partial charge < -0.3 is 15.2 Å². The number of ether oxygens (including phenoxy) is 1. The predicted octanol–water partition coefficient (Wildman–Crippen LogP) is 3.27. The summed E-state index contributed by atoms with van der Waals surface area (Å²) in [5, 5.41) is 19.8. The van der Waals surface area contributed by atoms with Crippen molar-refractivity contribution < 1.29 is 37.6 Å². The van der Waals surface area contributed by atoms with Crippen LogP contribution in [-0.2, 0) is 9.53 Å². The molecule has 34 heavy (non-hydrogen) atoms. The van der Waals surface area contributed by atoms with Crippen molar-refractivity contribution in [3.63, 3.8) is 0 Å². The van der Waals surface area contributed by atoms with E-state index in [1.807, 2.05) is 53.8 Å². The highest BCUT2D eigenvalue weighted by molar-refractivity contribution is 6.01. The zero-order valence-corrected chi connectivity index (χ0v) is 17.4. The Bertz CT molecular complexity index is 1190. The van der Waals surface area contributed by atoms with Gasteiger partial charge in [-0.3, -0.25) is 10.1 Å². The molecule has 12 heteroatoms. The maximum absolute atomic E-state index is 12.6. The van der Waals surface area contributed by atoms with Crippen LogP contribution in [0.5, 0.6) is 0 Å². The number of fused-ring (bicyclic) bond motifs is 3. The van der Waals surface area contributed by atoms with Crippen molar-refractivity contribution in [1.29, 1.82) is 0 Å². The van der Waals surface area contributed by atoms with E-state index < -0.39 is 48.4 Å². The lowest BCUT2D eigenvalue weighted by Gasteiger charge is -2.14. The number of nitrogens with zero attached hydrogens (tertiary/aromatic N) is 2. The van der Waals surface area contributed by atoms with Gasteiger partial charge >= 0.3 is 12.1 Å². The Morgan fingerprint density at radius 1 is 1.03 bits per heavy atom. The lowest BCUT2D eigenvalue weighted by Crippen LogP contribution is -2.42. The van der Waals surface area contributed by atoms with E-state index in [2.05, 4.69) is 20.3 Å². The molecule has 0 spiro atoms. The fraction of sp³-hybridized carbons (Fsp3) is 0.227. The summed E-state index contributed by atoms with van der Waals surface area (Å²) < 4.78 is 34.9. The Labute approximate surface area is 190 Å². The van der Waals surface area contributed by atoms with Crippen LogP contribution in [-0.4, -0.2) is 52.5 Å². The average Bonchev–Trinajstić information content (AvgIpc) is 3.39. The SMILES string of the molecule is O=C(Nc1nonc1C(=O)NC(CC(F)F)C(=O)O)OCC1c2ccccc2-c2ccccc21. The smallest absolute Gasteiger partial charge is 0.412 e. The van der Waals surface area contributed by atoms with Crippen LogP contribution in [0.25, 0.3) is 11.1 Å². The number of halogens is 2. The number of amides is 2. The molecule has 1 unspecified atom stereocenters. The molecule has 0 aliphatic heterocycles.